The van der Waals surface area contributed by atoms with E-state index in [-0.39, 0.29) is 490 Å². The SMILES string of the molecule is C=C(C)[C@H]1CC[C@H]2[C@@H]3CC[C@H]4C[C@H](O)CC[C@]4([CH2-])[C@H]3CC[C@]12C.[CH2-][C@]12CC[C@@H](O)C[C@@H]1CC[C@@H]1[C@@H]2CC[C@@]2(C)[C@H]1CC[C@@]21CO1.[CH2-][C@]12CC[C@@H](O)C[C@@H]1CC[C@@H]1[C@@H]2CC[C@]2(C)C(C#N)=CC[C@@H]12.[CH2-][C@]12CC[C@@H](O)C[C@@H]1CC[C@@H]1[C@@H]2CC[C@]2(C)[C@@H](C#N)CC[C@@H]12.[CH2-][C@]12CC[C@@H](O)C[C@@H]1CC[C@@H]1[C@@H]2CC[C@]2(C)[C@@H](OC)CC[C@@H]12.[CH2-][C@]12CC[C@@H](O)C[C@@H]1CC[C@@H]1[C@@H]2CC[C@]2(C)[C@@H]([N+](=O)[O-])CC[C@@H]12.[OH-].[OH-].[OH-].[OH-].[OH-].[OH-].[Rb+].[Rb+].[Rb+].[Rb+].[Rb+].[Rb+]. The molecule has 24 fully saturated rings. The van der Waals surface area contributed by atoms with Gasteiger partial charge < -0.3 is 115 Å². The van der Waals surface area contributed by atoms with Crippen LogP contribution in [0.15, 0.2) is 23.8 Å². The molecular formula is C121H193N3O16Rb6-6. The molecule has 25 rings (SSSR count). The second-order valence-corrected chi connectivity index (χ2v) is 55.7. The zero-order chi connectivity index (χ0) is 94.6. The number of hydrogen-bond acceptors (Lipinski definition) is 18. The van der Waals surface area contributed by atoms with Crippen molar-refractivity contribution in [3.05, 3.63) is 75.5 Å². The number of epoxide rings is 1. The number of aliphatic hydroxyl groups is 6. The molecule has 0 aromatic carbocycles. The third kappa shape index (κ3) is 24.2. The van der Waals surface area contributed by atoms with Crippen LogP contribution in [0.4, 0.5) is 0 Å². The van der Waals surface area contributed by atoms with Gasteiger partial charge in [-0.2, -0.15) is 43.0 Å². The Kier molecular flexibility index (Phi) is 51.5. The van der Waals surface area contributed by atoms with Crippen LogP contribution in [0.25, 0.3) is 0 Å². The van der Waals surface area contributed by atoms with Gasteiger partial charge in [-0.3, -0.25) is 10.1 Å². The Bertz CT molecular complexity index is 4280. The number of nitrogens with zero attached hydrogens (tertiary/aromatic N) is 3. The van der Waals surface area contributed by atoms with E-state index in [1.54, 1.807) is 0 Å². The topological polar surface area (TPSA) is 414 Å². The van der Waals surface area contributed by atoms with Gasteiger partial charge in [0.25, 0.3) is 0 Å². The van der Waals surface area contributed by atoms with Gasteiger partial charge in [-0.05, 0) is 318 Å². The monoisotopic (exact) mass is 2450 g/mol. The molecule has 0 bridgehead atoms. The number of methoxy groups -OCH3 is 1. The molecule has 24 aliphatic carbocycles. The molecule has 25 heteroatoms. The molecule has 0 radical (unpaired) electrons. The molecule has 1 aliphatic heterocycles. The quantitative estimate of drug-likeness (QED) is 0.0544. The molecular weight excluding hydrogens is 2260 g/mol. The van der Waals surface area contributed by atoms with Crippen LogP contribution in [0.3, 0.4) is 0 Å². The van der Waals surface area contributed by atoms with Crippen LogP contribution >= 0.6 is 0 Å². The van der Waals surface area contributed by atoms with Gasteiger partial charge in [-0.1, -0.05) is 246 Å². The average Bonchev–Trinajstić information content (AvgIpc) is 1.52. The number of nitriles is 2. The summed E-state index contributed by atoms with van der Waals surface area (Å²) in [5, 5.41) is 90.9. The molecule has 47 atom stereocenters. The maximum atomic E-state index is 11.5. The number of hydrogen-bond donors (Lipinski definition) is 6. The Morgan fingerprint density at radius 1 is 0.370 bits per heavy atom. The summed E-state index contributed by atoms with van der Waals surface area (Å²) in [6.45, 7) is 50.9. The second kappa shape index (κ2) is 54.0. The molecule has 1 heterocycles. The standard InChI is InChI=1S/C22H35O.C20H30NO.C20H28NO.C20H31O2.C20H33O2.C19H30NO3.6H2O.6Rb/c1-14(2)18-7-8-19-17-6-5-15-13-16(23)9-11-21(15,3)20(17)10-12-22(18,19)4;2*1-19-9-7-15(22)11-13(19)3-5-16-17-6-4-14(12-21)20(17,2)10-8-18(16)19;1-18-8-5-14(21)11-13(18)3-4-15-16(18)6-9-19(2)17(15)7-10-20(19)12-22-20;1-19-10-8-14(21)12-13(19)4-5-15-16-6-7-18(22-3)20(16,2)11-9-17(15)19;1-18-9-7-13(21)11-12(18)3-4-14-15-5-6-17(20(22)23)19(15,2)10-8-16(14)18;;;;;;;;;;;;/h15-20,23H,1,3,5-13H2,2,4H3;13-18,22H,1,3-11H2,2H3;4,13,15-18,22H,1,3,5-11H2,2H3;13-17,21H,1,3-12H2,2H3;13-18,21H,1,4-12H2,2-3H3;12-17,21H,1,3-11H2,2H3;6*1H2;;;;;;/q6*-1;;;;;;;6*+1/p-6/t15-,16+,17-,18+,19-,20-,21-,22+;13-,14+,15+,16-,17-,18-,19-,20+;13-,15+,16-,17-,18-,19-,20+;13-,14+,15+,16-,17-,18-,19-,20+;13-,14+,15-,16-,17-,18-,19-,20-;12-,13+,14-,15-,16-,17-,18-,19-;;;;;;;;;;;;/m000000............/s1. The molecule has 0 aromatic heterocycles. The Morgan fingerprint density at radius 2 is 0.664 bits per heavy atom. The fourth-order valence-electron chi connectivity index (χ4n) is 44.1. The van der Waals surface area contributed by atoms with Crippen molar-refractivity contribution in [1.82, 2.24) is 0 Å². The minimum absolute atomic E-state index is 0. The number of nitro groups is 1. The third-order valence-electron chi connectivity index (χ3n) is 51.7. The van der Waals surface area contributed by atoms with E-state index < -0.39 is 0 Å². The summed E-state index contributed by atoms with van der Waals surface area (Å²) in [6.07, 6.45) is 64.6. The van der Waals surface area contributed by atoms with Crippen molar-refractivity contribution in [3.63, 3.8) is 0 Å². The molecule has 1 saturated heterocycles. The number of allylic oxidation sites excluding steroid dienone is 3. The van der Waals surface area contributed by atoms with E-state index in [2.05, 4.69) is 73.3 Å². The normalized spacial score (nSPS) is 52.5. The molecule has 12 N–H and O–H groups in total. The zero-order valence-electron chi connectivity index (χ0n) is 94.2. The average molecular weight is 2460 g/mol. The summed E-state index contributed by atoms with van der Waals surface area (Å²) in [5.74, 6) is 18.7. The third-order valence-corrected chi connectivity index (χ3v) is 51.7. The van der Waals surface area contributed by atoms with Crippen LogP contribution in [-0.2, 0) is 9.47 Å². The van der Waals surface area contributed by atoms with Gasteiger partial charge >= 0.3 is 349 Å². The van der Waals surface area contributed by atoms with Crippen LogP contribution in [0.5, 0.6) is 0 Å². The van der Waals surface area contributed by atoms with Gasteiger partial charge in [-0.15, -0.1) is 0 Å². The van der Waals surface area contributed by atoms with E-state index in [0.717, 1.165) is 262 Å². The van der Waals surface area contributed by atoms with Crippen LogP contribution in [0.2, 0.25) is 0 Å². The van der Waals surface area contributed by atoms with Crippen molar-refractivity contribution in [2.75, 3.05) is 13.7 Å². The minimum atomic E-state index is -0.333. The maximum absolute atomic E-state index is 11.5. The zero-order valence-corrected chi connectivity index (χ0v) is 124. The van der Waals surface area contributed by atoms with Gasteiger partial charge in [0.1, 0.15) is 0 Å². The summed E-state index contributed by atoms with van der Waals surface area (Å²) in [6, 6.07) is 4.77. The largest absolute Gasteiger partial charge is 1.00 e. The number of aliphatic hydroxyl groups excluding tert-OH is 6. The molecule has 25 aliphatic rings. The van der Waals surface area contributed by atoms with Crippen molar-refractivity contribution in [2.45, 2.75) is 443 Å². The van der Waals surface area contributed by atoms with Crippen LogP contribution in [0.1, 0.15) is 389 Å². The van der Waals surface area contributed by atoms with Crippen molar-refractivity contribution >= 4 is 0 Å². The first-order valence-electron chi connectivity index (χ1n) is 57.3. The number of rotatable bonds is 3. The molecule has 146 heavy (non-hydrogen) atoms. The number of fused-ring (bicyclic) bond motifs is 31. The van der Waals surface area contributed by atoms with Crippen LogP contribution in [0, 0.1) is 293 Å². The van der Waals surface area contributed by atoms with E-state index in [4.69, 9.17) is 51.0 Å². The van der Waals surface area contributed by atoms with Gasteiger partial charge in [0.2, 0.25) is 6.04 Å². The van der Waals surface area contributed by atoms with E-state index >= 15 is 0 Å². The summed E-state index contributed by atoms with van der Waals surface area (Å²) in [5.41, 5.74) is 5.75. The Balaban J connectivity index is 0.000000210. The summed E-state index contributed by atoms with van der Waals surface area (Å²) in [7, 11) is 1.91. The fraction of sp³-hybridized carbons (Fsp3) is 0.901. The first-order chi connectivity index (χ1) is 63.7. The predicted octanol–water partition coefficient (Wildman–Crippen LogP) is 7.01. The van der Waals surface area contributed by atoms with Crippen molar-refractivity contribution in [1.29, 1.82) is 10.5 Å². The smallest absolute Gasteiger partial charge is 0.870 e. The van der Waals surface area contributed by atoms with Crippen molar-refractivity contribution < 1.29 is 427 Å². The van der Waals surface area contributed by atoms with E-state index in [9.17, 15) is 51.3 Å². The van der Waals surface area contributed by atoms with E-state index in [1.165, 1.54) is 179 Å². The molecule has 0 amide bonds. The molecule has 800 valence electrons. The van der Waals surface area contributed by atoms with Crippen molar-refractivity contribution in [3.8, 4) is 12.1 Å². The molecule has 0 aromatic rings. The second-order valence-electron chi connectivity index (χ2n) is 55.7. The Morgan fingerprint density at radius 3 is 1.01 bits per heavy atom. The summed E-state index contributed by atoms with van der Waals surface area (Å²) < 4.78 is 11.9. The first-order valence-corrected chi connectivity index (χ1v) is 57.3. The van der Waals surface area contributed by atoms with E-state index in [1.807, 2.05) is 7.11 Å². The van der Waals surface area contributed by atoms with Crippen LogP contribution < -0.4 is 349 Å². The van der Waals surface area contributed by atoms with Gasteiger partial charge in [-0.25, -0.2) is 0 Å². The fourth-order valence-corrected chi connectivity index (χ4v) is 44.1. The minimum Gasteiger partial charge on any atom is -0.870 e. The first kappa shape index (κ1) is 139. The summed E-state index contributed by atoms with van der Waals surface area (Å²) in [4.78, 5) is 11.5. The Labute approximate surface area is 1180 Å². The van der Waals surface area contributed by atoms with Gasteiger partial charge in [0.05, 0.1) is 73.0 Å². The predicted molar refractivity (Wildman–Crippen MR) is 543 cm³/mol. The molecule has 19 nitrogen and oxygen atoms in total. The van der Waals surface area contributed by atoms with Crippen LogP contribution in [-0.4, -0.2) is 137 Å². The van der Waals surface area contributed by atoms with Gasteiger partial charge in [0.15, 0.2) is 0 Å². The molecule has 23 saturated carbocycles. The molecule has 1 spiro atoms. The molecule has 0 unspecified atom stereocenters. The van der Waals surface area contributed by atoms with E-state index in [0.29, 0.717) is 87.4 Å². The van der Waals surface area contributed by atoms with Crippen molar-refractivity contribution in [2.24, 2.45) is 219 Å². The maximum Gasteiger partial charge on any atom is 1.00 e. The summed E-state index contributed by atoms with van der Waals surface area (Å²) >= 11 is 0. The number of ether oxygens (including phenoxy) is 2. The Hall–Kier alpha value is 8.13. The van der Waals surface area contributed by atoms with Gasteiger partial charge in [0, 0.05) is 40.3 Å².